The summed E-state index contributed by atoms with van der Waals surface area (Å²) in [5.41, 5.74) is 0. The van der Waals surface area contributed by atoms with E-state index < -0.39 is 6.29 Å². The van der Waals surface area contributed by atoms with Gasteiger partial charge in [-0.15, -0.1) is 0 Å². The lowest BCUT2D eigenvalue weighted by Crippen LogP contribution is -2.20. The third-order valence-corrected chi connectivity index (χ3v) is 0.672. The van der Waals surface area contributed by atoms with Crippen molar-refractivity contribution in [2.45, 2.75) is 20.1 Å². The number of carbonyl (C=O) groups is 1. The minimum Gasteiger partial charge on any atom is -0.362 e. The van der Waals surface area contributed by atoms with Crippen molar-refractivity contribution >= 4 is 5.78 Å². The Morgan fingerprint density at radius 1 is 1.88 bits per heavy atom. The van der Waals surface area contributed by atoms with Gasteiger partial charge in [0.15, 0.2) is 5.78 Å². The number of carbonyl (C=O) groups excluding carboxylic acids is 1. The Morgan fingerprint density at radius 3 is 2.50 bits per heavy atom. The van der Waals surface area contributed by atoms with E-state index >= 15 is 0 Å². The van der Waals surface area contributed by atoms with Crippen molar-refractivity contribution in [3.8, 4) is 0 Å². The van der Waals surface area contributed by atoms with Crippen LogP contribution in [0.25, 0.3) is 0 Å². The first-order valence-electron chi connectivity index (χ1n) is 2.48. The molecule has 0 spiro atoms. The molecule has 3 heteroatoms. The zero-order chi connectivity index (χ0) is 6.57. The van der Waals surface area contributed by atoms with Gasteiger partial charge in [0, 0.05) is 6.61 Å². The van der Waals surface area contributed by atoms with Gasteiger partial charge in [-0.1, -0.05) is 0 Å². The molecule has 3 nitrogen and oxygen atoms in total. The third kappa shape index (κ3) is 2.71. The van der Waals surface area contributed by atoms with E-state index in [0.717, 1.165) is 0 Å². The number of hydrogen-bond acceptors (Lipinski definition) is 3. The van der Waals surface area contributed by atoms with Gasteiger partial charge in [-0.2, -0.15) is 0 Å². The zero-order valence-corrected chi connectivity index (χ0v) is 5.05. The van der Waals surface area contributed by atoms with Crippen LogP contribution in [-0.2, 0) is 9.53 Å². The van der Waals surface area contributed by atoms with Gasteiger partial charge < -0.3 is 9.84 Å². The fourth-order valence-corrected chi connectivity index (χ4v) is 0.275. The SMILES string of the molecule is CCOC(O)C(C)=O. The molecule has 8 heavy (non-hydrogen) atoms. The molecule has 0 radical (unpaired) electrons. The molecule has 0 aliphatic heterocycles. The first-order valence-corrected chi connectivity index (χ1v) is 2.48. The van der Waals surface area contributed by atoms with Gasteiger partial charge in [-0.25, -0.2) is 0 Å². The Hall–Kier alpha value is -0.410. The second-order valence-corrected chi connectivity index (χ2v) is 1.42. The van der Waals surface area contributed by atoms with E-state index in [9.17, 15) is 4.79 Å². The third-order valence-electron chi connectivity index (χ3n) is 0.672. The van der Waals surface area contributed by atoms with Crippen molar-refractivity contribution in [3.05, 3.63) is 0 Å². The van der Waals surface area contributed by atoms with Gasteiger partial charge in [-0.05, 0) is 13.8 Å². The number of Topliss-reactive ketones (excluding diaryl/α,β-unsaturated/α-hetero) is 1. The van der Waals surface area contributed by atoms with E-state index in [-0.39, 0.29) is 5.78 Å². The molecule has 0 aromatic rings. The number of rotatable bonds is 3. The maximum atomic E-state index is 10.2. The molecule has 0 aromatic heterocycles. The van der Waals surface area contributed by atoms with Crippen LogP contribution in [0, 0.1) is 0 Å². The Kier molecular flexibility index (Phi) is 3.39. The molecule has 0 aromatic carbocycles. The molecule has 0 aliphatic carbocycles. The summed E-state index contributed by atoms with van der Waals surface area (Å²) in [6, 6.07) is 0. The predicted molar refractivity (Wildman–Crippen MR) is 28.3 cm³/mol. The summed E-state index contributed by atoms with van der Waals surface area (Å²) in [6.07, 6.45) is -1.22. The van der Waals surface area contributed by atoms with Gasteiger partial charge in [0.25, 0.3) is 0 Å². The highest BCUT2D eigenvalue weighted by atomic mass is 16.6. The number of ether oxygens (including phenoxy) is 1. The van der Waals surface area contributed by atoms with Crippen LogP contribution in [0.4, 0.5) is 0 Å². The van der Waals surface area contributed by atoms with Crippen LogP contribution in [0.2, 0.25) is 0 Å². The lowest BCUT2D eigenvalue weighted by molar-refractivity contribution is -0.152. The molecular weight excluding hydrogens is 108 g/mol. The van der Waals surface area contributed by atoms with E-state index in [2.05, 4.69) is 4.74 Å². The summed E-state index contributed by atoms with van der Waals surface area (Å²) in [5.74, 6) is -0.355. The molecule has 0 bridgehead atoms. The van der Waals surface area contributed by atoms with E-state index in [1.54, 1.807) is 6.92 Å². The van der Waals surface area contributed by atoms with E-state index in [1.165, 1.54) is 6.92 Å². The topological polar surface area (TPSA) is 46.5 Å². The average Bonchev–Trinajstić information content (AvgIpc) is 1.67. The summed E-state index contributed by atoms with van der Waals surface area (Å²) in [5, 5.41) is 8.55. The van der Waals surface area contributed by atoms with Crippen LogP contribution in [0.3, 0.4) is 0 Å². The van der Waals surface area contributed by atoms with Crippen LogP contribution in [0.5, 0.6) is 0 Å². The number of hydrogen-bond donors (Lipinski definition) is 1. The van der Waals surface area contributed by atoms with E-state index in [4.69, 9.17) is 5.11 Å². The largest absolute Gasteiger partial charge is 0.362 e. The molecular formula is C5H10O3. The van der Waals surface area contributed by atoms with Crippen LogP contribution in [0.15, 0.2) is 0 Å². The highest BCUT2D eigenvalue weighted by molar-refractivity contribution is 5.78. The van der Waals surface area contributed by atoms with Gasteiger partial charge in [0.2, 0.25) is 6.29 Å². The van der Waals surface area contributed by atoms with Crippen molar-refractivity contribution in [3.63, 3.8) is 0 Å². The fraction of sp³-hybridized carbons (Fsp3) is 0.800. The van der Waals surface area contributed by atoms with Gasteiger partial charge in [0.05, 0.1) is 0 Å². The summed E-state index contributed by atoms with van der Waals surface area (Å²) in [4.78, 5) is 10.2. The molecule has 0 fully saturated rings. The Morgan fingerprint density at radius 2 is 2.38 bits per heavy atom. The van der Waals surface area contributed by atoms with Crippen LogP contribution < -0.4 is 0 Å². The molecule has 0 saturated heterocycles. The Labute approximate surface area is 48.3 Å². The highest BCUT2D eigenvalue weighted by Crippen LogP contribution is 1.85. The Balaban J connectivity index is 3.32. The average molecular weight is 118 g/mol. The molecule has 0 aliphatic rings. The lowest BCUT2D eigenvalue weighted by atomic mass is 10.4. The van der Waals surface area contributed by atoms with Crippen molar-refractivity contribution in [2.75, 3.05) is 6.61 Å². The van der Waals surface area contributed by atoms with Crippen molar-refractivity contribution in [1.29, 1.82) is 0 Å². The fourth-order valence-electron chi connectivity index (χ4n) is 0.275. The second kappa shape index (κ2) is 3.57. The smallest absolute Gasteiger partial charge is 0.214 e. The number of aliphatic hydroxyl groups excluding tert-OH is 1. The van der Waals surface area contributed by atoms with Crippen molar-refractivity contribution in [1.82, 2.24) is 0 Å². The zero-order valence-electron chi connectivity index (χ0n) is 5.05. The first-order chi connectivity index (χ1) is 3.68. The predicted octanol–water partition coefficient (Wildman–Crippen LogP) is -0.0697. The Bertz CT molecular complexity index is 79.7. The van der Waals surface area contributed by atoms with E-state index in [1.807, 2.05) is 0 Å². The minimum absolute atomic E-state index is 0.355. The van der Waals surface area contributed by atoms with Crippen molar-refractivity contribution in [2.24, 2.45) is 0 Å². The maximum absolute atomic E-state index is 10.2. The normalized spacial score (nSPS) is 13.4. The highest BCUT2D eigenvalue weighted by Gasteiger charge is 2.06. The molecule has 0 amide bonds. The summed E-state index contributed by atoms with van der Waals surface area (Å²) >= 11 is 0. The number of ketones is 1. The minimum atomic E-state index is -1.22. The van der Waals surface area contributed by atoms with Crippen molar-refractivity contribution < 1.29 is 14.6 Å². The molecule has 48 valence electrons. The van der Waals surface area contributed by atoms with Crippen LogP contribution >= 0.6 is 0 Å². The second-order valence-electron chi connectivity index (χ2n) is 1.42. The maximum Gasteiger partial charge on any atom is 0.214 e. The van der Waals surface area contributed by atoms with Crippen LogP contribution in [0.1, 0.15) is 13.8 Å². The summed E-state index contributed by atoms with van der Waals surface area (Å²) in [6.45, 7) is 3.35. The molecule has 1 atom stereocenters. The molecule has 1 N–H and O–H groups in total. The molecule has 0 saturated carbocycles. The molecule has 1 unspecified atom stereocenters. The van der Waals surface area contributed by atoms with Gasteiger partial charge >= 0.3 is 0 Å². The van der Waals surface area contributed by atoms with Gasteiger partial charge in [-0.3, -0.25) is 4.79 Å². The van der Waals surface area contributed by atoms with E-state index in [0.29, 0.717) is 6.61 Å². The quantitative estimate of drug-likeness (QED) is 0.528. The standard InChI is InChI=1S/C5H10O3/c1-3-8-5(7)4(2)6/h5,7H,3H2,1-2H3. The summed E-state index contributed by atoms with van der Waals surface area (Å²) in [7, 11) is 0. The first kappa shape index (κ1) is 7.59. The monoisotopic (exact) mass is 118 g/mol. The summed E-state index contributed by atoms with van der Waals surface area (Å²) < 4.78 is 4.51. The molecule has 0 rings (SSSR count). The number of aliphatic hydroxyl groups is 1. The van der Waals surface area contributed by atoms with Gasteiger partial charge in [0.1, 0.15) is 0 Å². The molecule has 0 heterocycles. The van der Waals surface area contributed by atoms with Crippen LogP contribution in [-0.4, -0.2) is 23.8 Å². The lowest BCUT2D eigenvalue weighted by Gasteiger charge is -2.03.